The lowest BCUT2D eigenvalue weighted by Crippen LogP contribution is -2.33. The Morgan fingerprint density at radius 3 is 2.77 bits per heavy atom. The van der Waals surface area contributed by atoms with E-state index in [9.17, 15) is 4.79 Å². The Hall–Kier alpha value is -2.48. The van der Waals surface area contributed by atoms with E-state index in [2.05, 4.69) is 40.5 Å². The first kappa shape index (κ1) is 21.7. The predicted octanol–water partition coefficient (Wildman–Crippen LogP) is 4.11. The van der Waals surface area contributed by atoms with Crippen molar-refractivity contribution < 1.29 is 14.3 Å². The fourth-order valence-corrected chi connectivity index (χ4v) is 4.47. The van der Waals surface area contributed by atoms with Crippen molar-refractivity contribution in [1.82, 2.24) is 20.1 Å². The van der Waals surface area contributed by atoms with E-state index in [0.717, 1.165) is 47.3 Å². The molecule has 1 N–H and O–H groups in total. The van der Waals surface area contributed by atoms with Gasteiger partial charge in [-0.3, -0.25) is 4.79 Å². The molecule has 0 bridgehead atoms. The summed E-state index contributed by atoms with van der Waals surface area (Å²) in [7, 11) is 0. The minimum atomic E-state index is -0.113. The zero-order valence-corrected chi connectivity index (χ0v) is 19.0. The molecule has 1 unspecified atom stereocenters. The molecule has 1 fully saturated rings. The van der Waals surface area contributed by atoms with Gasteiger partial charge in [-0.25, -0.2) is 0 Å². The van der Waals surface area contributed by atoms with Gasteiger partial charge in [0, 0.05) is 18.9 Å². The van der Waals surface area contributed by atoms with Crippen LogP contribution in [-0.2, 0) is 11.3 Å². The summed E-state index contributed by atoms with van der Waals surface area (Å²) in [5.41, 5.74) is 1.02. The van der Waals surface area contributed by atoms with Crippen molar-refractivity contribution in [3.8, 4) is 11.5 Å². The van der Waals surface area contributed by atoms with Gasteiger partial charge in [-0.15, -0.1) is 16.8 Å². The number of benzene rings is 1. The number of carbonyl (C=O) groups is 1. The van der Waals surface area contributed by atoms with Crippen LogP contribution in [0.3, 0.4) is 0 Å². The first-order valence-electron chi connectivity index (χ1n) is 10.9. The standard InChI is InChI=1S/C23H30N4O3S/c1-4-10-27-22(16-6-7-16)25-26-23(27)31-14-20(28)24-21(15(2)3)17-8-9-18-19(13-17)30-12-5-11-29-18/h4,8-9,13,15-16,21H,1,5-7,10-12,14H2,2-3H3,(H,24,28). The number of nitrogens with zero attached hydrogens (tertiary/aromatic N) is 3. The van der Waals surface area contributed by atoms with Crippen molar-refractivity contribution in [3.05, 3.63) is 42.2 Å². The van der Waals surface area contributed by atoms with Crippen LogP contribution < -0.4 is 14.8 Å². The quantitative estimate of drug-likeness (QED) is 0.465. The summed E-state index contributed by atoms with van der Waals surface area (Å²) < 4.78 is 13.6. The van der Waals surface area contributed by atoms with Crippen molar-refractivity contribution in [1.29, 1.82) is 0 Å². The summed E-state index contributed by atoms with van der Waals surface area (Å²) in [6.45, 7) is 10.00. The third-order valence-corrected chi connectivity index (χ3v) is 6.41. The van der Waals surface area contributed by atoms with Crippen LogP contribution >= 0.6 is 11.8 Å². The summed E-state index contributed by atoms with van der Waals surface area (Å²) in [5.74, 6) is 3.50. The predicted molar refractivity (Wildman–Crippen MR) is 121 cm³/mol. The molecule has 1 aliphatic carbocycles. The van der Waals surface area contributed by atoms with Crippen molar-refractivity contribution in [2.75, 3.05) is 19.0 Å². The lowest BCUT2D eigenvalue weighted by atomic mass is 9.95. The smallest absolute Gasteiger partial charge is 0.230 e. The highest BCUT2D eigenvalue weighted by atomic mass is 32.2. The van der Waals surface area contributed by atoms with Crippen LogP contribution in [0.1, 0.15) is 56.5 Å². The minimum absolute atomic E-state index is 0.0306. The number of hydrogen-bond acceptors (Lipinski definition) is 6. The third-order valence-electron chi connectivity index (χ3n) is 5.45. The highest BCUT2D eigenvalue weighted by Gasteiger charge is 2.30. The number of nitrogens with one attached hydrogen (secondary N) is 1. The van der Waals surface area contributed by atoms with Crippen molar-refractivity contribution >= 4 is 17.7 Å². The second kappa shape index (κ2) is 9.77. The molecule has 2 heterocycles. The van der Waals surface area contributed by atoms with Gasteiger partial charge >= 0.3 is 0 Å². The molecule has 4 rings (SSSR count). The first-order chi connectivity index (χ1) is 15.1. The second-order valence-corrected chi connectivity index (χ2v) is 9.29. The second-order valence-electron chi connectivity index (χ2n) is 8.35. The topological polar surface area (TPSA) is 78.3 Å². The molecule has 1 aromatic carbocycles. The highest BCUT2D eigenvalue weighted by Crippen LogP contribution is 2.40. The number of fused-ring (bicyclic) bond motifs is 1. The fraction of sp³-hybridized carbons (Fsp3) is 0.522. The van der Waals surface area contributed by atoms with Gasteiger partial charge in [-0.2, -0.15) is 0 Å². The van der Waals surface area contributed by atoms with E-state index in [1.807, 2.05) is 24.3 Å². The van der Waals surface area contributed by atoms with E-state index in [1.54, 1.807) is 0 Å². The third kappa shape index (κ3) is 5.23. The first-order valence-corrected chi connectivity index (χ1v) is 11.9. The molecular formula is C23H30N4O3S. The van der Waals surface area contributed by atoms with Crippen LogP contribution in [0.5, 0.6) is 11.5 Å². The summed E-state index contributed by atoms with van der Waals surface area (Å²) in [6.07, 6.45) is 5.03. The number of hydrogen-bond donors (Lipinski definition) is 1. The van der Waals surface area contributed by atoms with Gasteiger partial charge in [-0.05, 0) is 36.5 Å². The van der Waals surface area contributed by atoms with Gasteiger partial charge in [0.1, 0.15) is 5.82 Å². The van der Waals surface area contributed by atoms with E-state index in [0.29, 0.717) is 25.7 Å². The molecule has 7 nitrogen and oxygen atoms in total. The van der Waals surface area contributed by atoms with E-state index >= 15 is 0 Å². The number of amides is 1. The van der Waals surface area contributed by atoms with Crippen molar-refractivity contribution in [2.45, 2.75) is 56.8 Å². The maximum Gasteiger partial charge on any atom is 0.230 e. The van der Waals surface area contributed by atoms with E-state index in [4.69, 9.17) is 9.47 Å². The van der Waals surface area contributed by atoms with Crippen LogP contribution in [0.2, 0.25) is 0 Å². The molecule has 166 valence electrons. The zero-order chi connectivity index (χ0) is 21.8. The lowest BCUT2D eigenvalue weighted by Gasteiger charge is -2.24. The maximum absolute atomic E-state index is 12.8. The van der Waals surface area contributed by atoms with Gasteiger partial charge in [0.2, 0.25) is 5.91 Å². The zero-order valence-electron chi connectivity index (χ0n) is 18.2. The summed E-state index contributed by atoms with van der Waals surface area (Å²) >= 11 is 1.42. The molecule has 1 atom stereocenters. The number of thioether (sulfide) groups is 1. The minimum Gasteiger partial charge on any atom is -0.490 e. The van der Waals surface area contributed by atoms with E-state index in [1.165, 1.54) is 11.8 Å². The van der Waals surface area contributed by atoms with Crippen LogP contribution in [0, 0.1) is 5.92 Å². The molecule has 1 saturated carbocycles. The van der Waals surface area contributed by atoms with Crippen LogP contribution in [0.4, 0.5) is 0 Å². The molecular weight excluding hydrogens is 412 g/mol. The Bertz CT molecular complexity index is 939. The molecule has 1 aliphatic heterocycles. The molecule has 8 heteroatoms. The number of allylic oxidation sites excluding steroid dienone is 1. The van der Waals surface area contributed by atoms with Gasteiger partial charge in [0.15, 0.2) is 16.7 Å². The number of aromatic nitrogens is 3. The summed E-state index contributed by atoms with van der Waals surface area (Å²) in [6, 6.07) is 5.82. The average Bonchev–Trinajstić information content (AvgIpc) is 3.55. The van der Waals surface area contributed by atoms with Gasteiger partial charge in [-0.1, -0.05) is 37.8 Å². The SMILES string of the molecule is C=CCn1c(SCC(=O)NC(c2ccc3c(c2)OCCCO3)C(C)C)nnc1C1CC1. The Labute approximate surface area is 187 Å². The van der Waals surface area contributed by atoms with Gasteiger partial charge in [0.05, 0.1) is 25.0 Å². The molecule has 2 aliphatic rings. The maximum atomic E-state index is 12.8. The molecule has 1 aromatic heterocycles. The lowest BCUT2D eigenvalue weighted by molar-refractivity contribution is -0.119. The number of carbonyl (C=O) groups excluding carboxylic acids is 1. The fourth-order valence-electron chi connectivity index (χ4n) is 3.70. The summed E-state index contributed by atoms with van der Waals surface area (Å²) in [4.78, 5) is 12.8. The Kier molecular flexibility index (Phi) is 6.85. The molecule has 2 aromatic rings. The molecule has 0 radical (unpaired) electrons. The Balaban J connectivity index is 1.42. The average molecular weight is 443 g/mol. The monoisotopic (exact) mass is 442 g/mol. The van der Waals surface area contributed by atoms with Crippen LogP contribution in [-0.4, -0.2) is 39.6 Å². The Morgan fingerprint density at radius 2 is 2.06 bits per heavy atom. The van der Waals surface area contributed by atoms with Gasteiger partial charge in [0.25, 0.3) is 0 Å². The largest absolute Gasteiger partial charge is 0.490 e. The summed E-state index contributed by atoms with van der Waals surface area (Å²) in [5, 5.41) is 12.6. The number of ether oxygens (including phenoxy) is 2. The normalized spacial score (nSPS) is 16.6. The number of rotatable bonds is 9. The van der Waals surface area contributed by atoms with Gasteiger partial charge < -0.3 is 19.4 Å². The molecule has 1 amide bonds. The van der Waals surface area contributed by atoms with E-state index in [-0.39, 0.29) is 23.6 Å². The van der Waals surface area contributed by atoms with Crippen LogP contribution in [0.15, 0.2) is 36.0 Å². The van der Waals surface area contributed by atoms with E-state index < -0.39 is 0 Å². The molecule has 0 spiro atoms. The van der Waals surface area contributed by atoms with Crippen molar-refractivity contribution in [3.63, 3.8) is 0 Å². The van der Waals surface area contributed by atoms with Crippen LogP contribution in [0.25, 0.3) is 0 Å². The Morgan fingerprint density at radius 1 is 1.29 bits per heavy atom. The van der Waals surface area contributed by atoms with Crippen molar-refractivity contribution in [2.24, 2.45) is 5.92 Å². The molecule has 0 saturated heterocycles. The highest BCUT2D eigenvalue weighted by molar-refractivity contribution is 7.99. The molecule has 31 heavy (non-hydrogen) atoms.